The Labute approximate surface area is 97.2 Å². The van der Waals surface area contributed by atoms with Crippen molar-refractivity contribution in [1.82, 2.24) is 15.0 Å². The molecule has 0 spiro atoms. The van der Waals surface area contributed by atoms with Crippen molar-refractivity contribution in [2.45, 2.75) is 6.18 Å². The van der Waals surface area contributed by atoms with Crippen LogP contribution in [0, 0.1) is 0 Å². The first-order chi connectivity index (χ1) is 7.98. The van der Waals surface area contributed by atoms with Crippen LogP contribution in [0.25, 0.3) is 0 Å². The average molecular weight is 259 g/mol. The zero-order chi connectivity index (χ0) is 12.5. The van der Waals surface area contributed by atoms with E-state index in [1.165, 1.54) is 12.3 Å². The molecule has 0 aliphatic heterocycles. The predicted octanol–water partition coefficient (Wildman–Crippen LogP) is 2.18. The van der Waals surface area contributed by atoms with Gasteiger partial charge in [-0.3, -0.25) is 4.79 Å². The van der Waals surface area contributed by atoms with Gasteiger partial charge in [0, 0.05) is 12.4 Å². The molecule has 2 rings (SSSR count). The molecule has 17 heavy (non-hydrogen) atoms. The maximum Gasteiger partial charge on any atom is 0.443 e. The van der Waals surface area contributed by atoms with Gasteiger partial charge in [-0.2, -0.15) is 13.2 Å². The van der Waals surface area contributed by atoms with Crippen molar-refractivity contribution in [2.75, 3.05) is 0 Å². The van der Waals surface area contributed by atoms with Crippen LogP contribution in [0.1, 0.15) is 20.4 Å². The Kier molecular flexibility index (Phi) is 2.88. The first kappa shape index (κ1) is 11.6. The standard InChI is InChI=1S/C9H4F3N3OS/c10-9(11,12)8-14-3-6(17-8)7(16)5-1-2-13-4-15-5/h1-4H. The number of aromatic nitrogens is 3. The summed E-state index contributed by atoms with van der Waals surface area (Å²) in [6.45, 7) is 0. The SMILES string of the molecule is O=C(c1ccncn1)c1cnc(C(F)(F)F)s1. The van der Waals surface area contributed by atoms with E-state index >= 15 is 0 Å². The van der Waals surface area contributed by atoms with Gasteiger partial charge in [-0.15, -0.1) is 11.3 Å². The number of nitrogens with zero attached hydrogens (tertiary/aromatic N) is 3. The fraction of sp³-hybridized carbons (Fsp3) is 0.111. The van der Waals surface area contributed by atoms with Crippen LogP contribution in [0.3, 0.4) is 0 Å². The summed E-state index contributed by atoms with van der Waals surface area (Å²) in [6, 6.07) is 1.33. The largest absolute Gasteiger partial charge is 0.443 e. The number of thiazole rings is 1. The lowest BCUT2D eigenvalue weighted by Crippen LogP contribution is -2.03. The minimum atomic E-state index is -4.53. The lowest BCUT2D eigenvalue weighted by atomic mass is 10.2. The molecule has 8 heteroatoms. The van der Waals surface area contributed by atoms with Crippen molar-refractivity contribution in [3.8, 4) is 0 Å². The molecule has 0 fully saturated rings. The molecule has 2 aromatic rings. The Hall–Kier alpha value is -1.83. The maximum absolute atomic E-state index is 12.3. The Morgan fingerprint density at radius 1 is 1.29 bits per heavy atom. The molecule has 0 amide bonds. The number of ketones is 1. The van der Waals surface area contributed by atoms with E-state index in [0.717, 1.165) is 12.5 Å². The third-order valence-electron chi connectivity index (χ3n) is 1.79. The Morgan fingerprint density at radius 2 is 2.06 bits per heavy atom. The Bertz CT molecular complexity index is 538. The van der Waals surface area contributed by atoms with Crippen molar-refractivity contribution in [1.29, 1.82) is 0 Å². The number of halogens is 3. The van der Waals surface area contributed by atoms with E-state index in [0.29, 0.717) is 11.3 Å². The van der Waals surface area contributed by atoms with Gasteiger partial charge in [-0.05, 0) is 6.07 Å². The lowest BCUT2D eigenvalue weighted by Gasteiger charge is -1.98. The van der Waals surface area contributed by atoms with Crippen molar-refractivity contribution in [2.24, 2.45) is 0 Å². The van der Waals surface area contributed by atoms with Gasteiger partial charge < -0.3 is 0 Å². The van der Waals surface area contributed by atoms with E-state index < -0.39 is 17.0 Å². The van der Waals surface area contributed by atoms with Gasteiger partial charge in [0.15, 0.2) is 5.01 Å². The molecule has 0 aliphatic carbocycles. The van der Waals surface area contributed by atoms with E-state index in [1.807, 2.05) is 0 Å². The summed E-state index contributed by atoms with van der Waals surface area (Å²) < 4.78 is 36.8. The van der Waals surface area contributed by atoms with Gasteiger partial charge in [-0.25, -0.2) is 15.0 Å². The van der Waals surface area contributed by atoms with Gasteiger partial charge in [0.2, 0.25) is 5.78 Å². The highest BCUT2D eigenvalue weighted by molar-refractivity contribution is 7.13. The molecule has 0 aliphatic rings. The molecule has 88 valence electrons. The van der Waals surface area contributed by atoms with Crippen LogP contribution < -0.4 is 0 Å². The summed E-state index contributed by atoms with van der Waals surface area (Å²) in [5, 5.41) is -1.05. The fourth-order valence-corrected chi connectivity index (χ4v) is 1.79. The monoisotopic (exact) mass is 259 g/mol. The maximum atomic E-state index is 12.3. The van der Waals surface area contributed by atoms with Crippen LogP contribution >= 0.6 is 11.3 Å². The number of carbonyl (C=O) groups excluding carboxylic acids is 1. The van der Waals surface area contributed by atoms with Gasteiger partial charge in [0.25, 0.3) is 0 Å². The van der Waals surface area contributed by atoms with Crippen LogP contribution in [0.5, 0.6) is 0 Å². The zero-order valence-corrected chi connectivity index (χ0v) is 8.92. The molecule has 0 bridgehead atoms. The summed E-state index contributed by atoms with van der Waals surface area (Å²) in [6.07, 6.45) is -1.14. The van der Waals surface area contributed by atoms with Crippen molar-refractivity contribution in [3.05, 3.63) is 40.4 Å². The Balaban J connectivity index is 2.30. The number of alkyl halides is 3. The number of rotatable bonds is 2. The normalized spacial score (nSPS) is 11.5. The second-order valence-electron chi connectivity index (χ2n) is 2.95. The van der Waals surface area contributed by atoms with E-state index in [2.05, 4.69) is 15.0 Å². The molecule has 0 radical (unpaired) electrons. The van der Waals surface area contributed by atoms with Gasteiger partial charge in [0.1, 0.15) is 12.0 Å². The Morgan fingerprint density at radius 3 is 2.59 bits per heavy atom. The second-order valence-corrected chi connectivity index (χ2v) is 3.98. The molecule has 4 nitrogen and oxygen atoms in total. The second kappa shape index (κ2) is 4.21. The highest BCUT2D eigenvalue weighted by Crippen LogP contribution is 2.32. The molecular formula is C9H4F3N3OS. The van der Waals surface area contributed by atoms with E-state index in [9.17, 15) is 18.0 Å². The third kappa shape index (κ3) is 2.47. The van der Waals surface area contributed by atoms with Gasteiger partial charge >= 0.3 is 6.18 Å². The molecule has 0 aromatic carbocycles. The van der Waals surface area contributed by atoms with E-state index in [1.54, 1.807) is 0 Å². The van der Waals surface area contributed by atoms with Crippen LogP contribution in [0.2, 0.25) is 0 Å². The molecule has 0 saturated heterocycles. The van der Waals surface area contributed by atoms with Crippen molar-refractivity contribution < 1.29 is 18.0 Å². The van der Waals surface area contributed by atoms with Crippen molar-refractivity contribution in [3.63, 3.8) is 0 Å². The minimum absolute atomic E-state index is 0.0392. The predicted molar refractivity (Wildman–Crippen MR) is 52.6 cm³/mol. The minimum Gasteiger partial charge on any atom is -0.286 e. The van der Waals surface area contributed by atoms with E-state index in [4.69, 9.17) is 0 Å². The molecular weight excluding hydrogens is 255 g/mol. The lowest BCUT2D eigenvalue weighted by molar-refractivity contribution is -0.137. The fourth-order valence-electron chi connectivity index (χ4n) is 1.06. The third-order valence-corrected chi connectivity index (χ3v) is 2.83. The highest BCUT2D eigenvalue weighted by Gasteiger charge is 2.35. The van der Waals surface area contributed by atoms with Gasteiger partial charge in [-0.1, -0.05) is 0 Å². The molecule has 2 aromatic heterocycles. The summed E-state index contributed by atoms with van der Waals surface area (Å²) in [4.78, 5) is 22.0. The van der Waals surface area contributed by atoms with Gasteiger partial charge in [0.05, 0.1) is 4.88 Å². The number of carbonyl (C=O) groups is 1. The smallest absolute Gasteiger partial charge is 0.286 e. The molecule has 0 saturated carbocycles. The molecule has 2 heterocycles. The van der Waals surface area contributed by atoms with Crippen molar-refractivity contribution >= 4 is 17.1 Å². The van der Waals surface area contributed by atoms with Crippen LogP contribution in [0.4, 0.5) is 13.2 Å². The quantitative estimate of drug-likeness (QED) is 0.776. The highest BCUT2D eigenvalue weighted by atomic mass is 32.1. The summed E-state index contributed by atoms with van der Waals surface area (Å²) in [7, 11) is 0. The van der Waals surface area contributed by atoms with Crippen LogP contribution in [0.15, 0.2) is 24.8 Å². The van der Waals surface area contributed by atoms with Crippen LogP contribution in [-0.2, 0) is 6.18 Å². The molecule has 0 atom stereocenters. The number of hydrogen-bond donors (Lipinski definition) is 0. The zero-order valence-electron chi connectivity index (χ0n) is 8.10. The molecule has 0 unspecified atom stereocenters. The van der Waals surface area contributed by atoms with Crippen LogP contribution in [-0.4, -0.2) is 20.7 Å². The first-order valence-electron chi connectivity index (χ1n) is 4.32. The average Bonchev–Trinajstić information content (AvgIpc) is 2.78. The topological polar surface area (TPSA) is 55.7 Å². The number of hydrogen-bond acceptors (Lipinski definition) is 5. The molecule has 0 N–H and O–H groups in total. The summed E-state index contributed by atoms with van der Waals surface area (Å²) in [5.74, 6) is -0.597. The summed E-state index contributed by atoms with van der Waals surface area (Å²) in [5.41, 5.74) is 0.0392. The van der Waals surface area contributed by atoms with E-state index in [-0.39, 0.29) is 10.6 Å². The summed E-state index contributed by atoms with van der Waals surface area (Å²) >= 11 is 0.297. The first-order valence-corrected chi connectivity index (χ1v) is 5.14.